The summed E-state index contributed by atoms with van der Waals surface area (Å²) in [7, 11) is 0. The first-order valence-corrected chi connectivity index (χ1v) is 8.17. The van der Waals surface area contributed by atoms with Gasteiger partial charge in [0.15, 0.2) is 4.77 Å². The summed E-state index contributed by atoms with van der Waals surface area (Å²) in [6.45, 7) is 1.83. The number of halogens is 1. The summed E-state index contributed by atoms with van der Waals surface area (Å²) in [6.07, 6.45) is 0. The van der Waals surface area contributed by atoms with Crippen LogP contribution < -0.4 is 16.0 Å². The molecule has 1 aliphatic heterocycles. The van der Waals surface area contributed by atoms with Crippen LogP contribution in [0.2, 0.25) is 5.02 Å². The molecule has 0 saturated carbocycles. The molecule has 0 saturated heterocycles. The predicted molar refractivity (Wildman–Crippen MR) is 94.0 cm³/mol. The Labute approximate surface area is 152 Å². The van der Waals surface area contributed by atoms with Crippen LogP contribution in [0.3, 0.4) is 0 Å². The fourth-order valence-electron chi connectivity index (χ4n) is 2.69. The van der Waals surface area contributed by atoms with Gasteiger partial charge in [-0.2, -0.15) is 0 Å². The van der Waals surface area contributed by atoms with Crippen LogP contribution in [0.5, 0.6) is 5.88 Å². The molecule has 7 nitrogen and oxygen atoms in total. The minimum atomic E-state index is -0.782. The fraction of sp³-hybridized carbons (Fsp3) is 0.188. The number of fused-ring (bicyclic) bond motifs is 1. The van der Waals surface area contributed by atoms with E-state index in [1.54, 1.807) is 31.2 Å². The van der Waals surface area contributed by atoms with Gasteiger partial charge in [0.1, 0.15) is 5.57 Å². The first kappa shape index (κ1) is 17.2. The molecule has 25 heavy (non-hydrogen) atoms. The molecule has 2 heterocycles. The topological polar surface area (TPSA) is 110 Å². The molecule has 0 fully saturated rings. The average Bonchev–Trinajstić information content (AvgIpc) is 2.54. The maximum absolute atomic E-state index is 12.5. The SMILES string of the molecule is CCOC(=O)C1=C(N)Oc2[nH]c(=S)[nH]c(=O)c2C1c1ccc(Cl)cc1. The number of rotatable bonds is 3. The number of benzene rings is 1. The number of esters is 1. The number of aromatic nitrogens is 2. The van der Waals surface area contributed by atoms with Crippen molar-refractivity contribution in [3.63, 3.8) is 0 Å². The van der Waals surface area contributed by atoms with Crippen molar-refractivity contribution in [2.45, 2.75) is 12.8 Å². The number of carbonyl (C=O) groups excluding carboxylic acids is 1. The molecular formula is C16H14ClN3O4S. The molecule has 0 spiro atoms. The van der Waals surface area contributed by atoms with E-state index in [-0.39, 0.29) is 34.3 Å². The third-order valence-corrected chi connectivity index (χ3v) is 4.15. The van der Waals surface area contributed by atoms with E-state index in [2.05, 4.69) is 9.97 Å². The van der Waals surface area contributed by atoms with Gasteiger partial charge >= 0.3 is 5.97 Å². The average molecular weight is 380 g/mol. The van der Waals surface area contributed by atoms with Gasteiger partial charge in [0.25, 0.3) is 5.56 Å². The molecule has 1 unspecified atom stereocenters. The smallest absolute Gasteiger partial charge is 0.340 e. The Morgan fingerprint density at radius 1 is 1.36 bits per heavy atom. The highest BCUT2D eigenvalue weighted by Crippen LogP contribution is 2.39. The second-order valence-electron chi connectivity index (χ2n) is 5.24. The van der Waals surface area contributed by atoms with Crippen LogP contribution in [0.15, 0.2) is 40.5 Å². The molecule has 0 bridgehead atoms. The molecule has 1 aromatic carbocycles. The number of ether oxygens (including phenoxy) is 2. The first-order chi connectivity index (χ1) is 11.9. The van der Waals surface area contributed by atoms with Gasteiger partial charge in [0.2, 0.25) is 11.8 Å². The molecule has 3 rings (SSSR count). The molecule has 0 radical (unpaired) electrons. The van der Waals surface area contributed by atoms with E-state index in [4.69, 9.17) is 39.0 Å². The van der Waals surface area contributed by atoms with Gasteiger partial charge < -0.3 is 20.2 Å². The molecule has 0 aliphatic carbocycles. The summed E-state index contributed by atoms with van der Waals surface area (Å²) >= 11 is 10.9. The lowest BCUT2D eigenvalue weighted by Crippen LogP contribution is -2.32. The summed E-state index contributed by atoms with van der Waals surface area (Å²) in [5.74, 6) is -1.50. The van der Waals surface area contributed by atoms with E-state index >= 15 is 0 Å². The van der Waals surface area contributed by atoms with Crippen LogP contribution in [0.25, 0.3) is 0 Å². The van der Waals surface area contributed by atoms with Crippen LogP contribution in [-0.2, 0) is 9.53 Å². The highest BCUT2D eigenvalue weighted by atomic mass is 35.5. The van der Waals surface area contributed by atoms with E-state index in [1.165, 1.54) is 0 Å². The van der Waals surface area contributed by atoms with E-state index in [1.807, 2.05) is 0 Å². The molecule has 1 aliphatic rings. The zero-order valence-corrected chi connectivity index (χ0v) is 14.7. The Bertz CT molecular complexity index is 978. The zero-order valence-electron chi connectivity index (χ0n) is 13.1. The van der Waals surface area contributed by atoms with E-state index < -0.39 is 17.4 Å². The van der Waals surface area contributed by atoms with Gasteiger partial charge in [-0.15, -0.1) is 0 Å². The lowest BCUT2D eigenvalue weighted by Gasteiger charge is -2.27. The maximum Gasteiger partial charge on any atom is 0.340 e. The summed E-state index contributed by atoms with van der Waals surface area (Å²) in [4.78, 5) is 30.2. The minimum Gasteiger partial charge on any atom is -0.462 e. The number of hydrogen-bond acceptors (Lipinski definition) is 6. The Kier molecular flexibility index (Phi) is 4.65. The summed E-state index contributed by atoms with van der Waals surface area (Å²) < 4.78 is 10.6. The summed E-state index contributed by atoms with van der Waals surface area (Å²) in [5, 5.41) is 0.520. The van der Waals surface area contributed by atoms with E-state index in [0.29, 0.717) is 10.6 Å². The van der Waals surface area contributed by atoms with Crippen molar-refractivity contribution in [1.82, 2.24) is 9.97 Å². The Morgan fingerprint density at radius 3 is 2.68 bits per heavy atom. The van der Waals surface area contributed by atoms with Gasteiger partial charge in [-0.3, -0.25) is 9.78 Å². The molecule has 130 valence electrons. The van der Waals surface area contributed by atoms with Crippen LogP contribution >= 0.6 is 23.8 Å². The normalized spacial score (nSPS) is 16.2. The largest absolute Gasteiger partial charge is 0.462 e. The lowest BCUT2D eigenvalue weighted by atomic mass is 9.84. The van der Waals surface area contributed by atoms with E-state index in [0.717, 1.165) is 0 Å². The van der Waals surface area contributed by atoms with Crippen molar-refractivity contribution in [2.24, 2.45) is 5.73 Å². The Morgan fingerprint density at radius 2 is 2.04 bits per heavy atom. The predicted octanol–water partition coefficient (Wildman–Crippen LogP) is 2.34. The Hall–Kier alpha value is -2.58. The molecular weight excluding hydrogens is 366 g/mol. The highest BCUT2D eigenvalue weighted by molar-refractivity contribution is 7.71. The molecule has 1 atom stereocenters. The number of nitrogens with one attached hydrogen (secondary N) is 2. The summed E-state index contributed by atoms with van der Waals surface area (Å²) in [6, 6.07) is 6.72. The van der Waals surface area contributed by atoms with Crippen LogP contribution in [0.1, 0.15) is 24.0 Å². The standard InChI is InChI=1S/C16H14ClN3O4S/c1-2-23-15(22)10-9(7-3-5-8(17)6-4-7)11-13(21)19-16(25)20-14(11)24-12(10)18/h3-6,9H,2,18H2,1H3,(H2,19,20,21,25). The van der Waals surface area contributed by atoms with Crippen molar-refractivity contribution in [2.75, 3.05) is 6.61 Å². The molecule has 0 amide bonds. The fourth-order valence-corrected chi connectivity index (χ4v) is 3.00. The van der Waals surface area contributed by atoms with Gasteiger partial charge in [0.05, 0.1) is 18.1 Å². The van der Waals surface area contributed by atoms with Crippen LogP contribution in [0, 0.1) is 4.77 Å². The number of nitrogens with two attached hydrogens (primary N) is 1. The second-order valence-corrected chi connectivity index (χ2v) is 6.08. The van der Waals surface area contributed by atoms with Gasteiger partial charge in [-0.05, 0) is 36.8 Å². The molecule has 1 aromatic heterocycles. The van der Waals surface area contributed by atoms with Crippen molar-refractivity contribution in [3.8, 4) is 5.88 Å². The molecule has 4 N–H and O–H groups in total. The second kappa shape index (κ2) is 6.73. The number of aromatic amines is 2. The Balaban J connectivity index is 2.27. The monoisotopic (exact) mass is 379 g/mol. The van der Waals surface area contributed by atoms with Crippen molar-refractivity contribution < 1.29 is 14.3 Å². The number of H-pyrrole nitrogens is 2. The van der Waals surface area contributed by atoms with Gasteiger partial charge in [-0.1, -0.05) is 23.7 Å². The van der Waals surface area contributed by atoms with Gasteiger partial charge in [-0.25, -0.2) is 4.79 Å². The highest BCUT2D eigenvalue weighted by Gasteiger charge is 2.38. The van der Waals surface area contributed by atoms with E-state index in [9.17, 15) is 9.59 Å². The summed E-state index contributed by atoms with van der Waals surface area (Å²) in [5.41, 5.74) is 6.34. The minimum absolute atomic E-state index is 0.0488. The van der Waals surface area contributed by atoms with Crippen molar-refractivity contribution in [3.05, 3.63) is 67.0 Å². The van der Waals surface area contributed by atoms with Crippen molar-refractivity contribution in [1.29, 1.82) is 0 Å². The number of hydrogen-bond donors (Lipinski definition) is 3. The van der Waals surface area contributed by atoms with Crippen molar-refractivity contribution >= 4 is 29.8 Å². The van der Waals surface area contributed by atoms with Crippen LogP contribution in [-0.4, -0.2) is 22.5 Å². The molecule has 2 aromatic rings. The zero-order chi connectivity index (χ0) is 18.1. The maximum atomic E-state index is 12.5. The number of carbonyl (C=O) groups is 1. The lowest BCUT2D eigenvalue weighted by molar-refractivity contribution is -0.139. The third-order valence-electron chi connectivity index (χ3n) is 3.70. The quantitative estimate of drug-likeness (QED) is 0.557. The third kappa shape index (κ3) is 3.18. The van der Waals surface area contributed by atoms with Gasteiger partial charge in [0, 0.05) is 5.02 Å². The molecule has 9 heteroatoms. The van der Waals surface area contributed by atoms with Crippen LogP contribution in [0.4, 0.5) is 0 Å². The first-order valence-electron chi connectivity index (χ1n) is 7.39.